The number of alkyl halides is 1. The van der Waals surface area contributed by atoms with Crippen LogP contribution in [0.4, 0.5) is 0 Å². The van der Waals surface area contributed by atoms with Crippen LogP contribution in [0.1, 0.15) is 40.5 Å². The van der Waals surface area contributed by atoms with E-state index in [1.54, 1.807) is 11.1 Å². The molecule has 0 heterocycles. The summed E-state index contributed by atoms with van der Waals surface area (Å²) in [5, 5.41) is 0. The molecule has 0 bridgehead atoms. The van der Waals surface area contributed by atoms with E-state index in [4.69, 9.17) is 0 Å². The molecule has 0 aromatic heterocycles. The summed E-state index contributed by atoms with van der Waals surface area (Å²) in [4.78, 5) is 0. The predicted octanol–water partition coefficient (Wildman–Crippen LogP) is 4.75. The summed E-state index contributed by atoms with van der Waals surface area (Å²) >= 11 is 2.53. The maximum atomic E-state index is 4.23. The van der Waals surface area contributed by atoms with Crippen LogP contribution in [-0.2, 0) is 0 Å². The lowest BCUT2D eigenvalue weighted by Gasteiger charge is -2.20. The summed E-state index contributed by atoms with van der Waals surface area (Å²) in [6, 6.07) is 0. The van der Waals surface area contributed by atoms with Gasteiger partial charge in [-0.15, -0.1) is 0 Å². The van der Waals surface area contributed by atoms with Crippen molar-refractivity contribution in [1.82, 2.24) is 0 Å². The lowest BCUT2D eigenvalue weighted by molar-refractivity contribution is 0.505. The fourth-order valence-corrected chi connectivity index (χ4v) is 3.43. The Morgan fingerprint density at radius 3 is 2.43 bits per heavy atom. The SMILES string of the molecule is C=C1CC(C)=C(C(C)I)C1CC(C)C. The summed E-state index contributed by atoms with van der Waals surface area (Å²) < 4.78 is 0.663. The van der Waals surface area contributed by atoms with Crippen molar-refractivity contribution in [2.75, 3.05) is 0 Å². The predicted molar refractivity (Wildman–Crippen MR) is 72.9 cm³/mol. The highest BCUT2D eigenvalue weighted by Crippen LogP contribution is 2.42. The molecule has 2 atom stereocenters. The van der Waals surface area contributed by atoms with E-state index in [1.807, 2.05) is 0 Å². The van der Waals surface area contributed by atoms with Gasteiger partial charge in [-0.2, -0.15) is 0 Å². The topological polar surface area (TPSA) is 0 Å². The molecule has 1 aliphatic rings. The van der Waals surface area contributed by atoms with Crippen molar-refractivity contribution in [2.24, 2.45) is 11.8 Å². The number of hydrogen-bond acceptors (Lipinski definition) is 0. The Hall–Kier alpha value is 0.210. The first-order chi connectivity index (χ1) is 6.43. The molecule has 1 rings (SSSR count). The molecular formula is C13H21I. The Labute approximate surface area is 102 Å². The molecule has 0 aromatic carbocycles. The number of halogens is 1. The fraction of sp³-hybridized carbons (Fsp3) is 0.692. The van der Waals surface area contributed by atoms with Gasteiger partial charge in [-0.1, -0.05) is 59.7 Å². The van der Waals surface area contributed by atoms with Gasteiger partial charge in [0.15, 0.2) is 0 Å². The van der Waals surface area contributed by atoms with Gasteiger partial charge in [0.25, 0.3) is 0 Å². The first-order valence-corrected chi connectivity index (χ1v) is 6.69. The van der Waals surface area contributed by atoms with E-state index in [1.165, 1.54) is 12.0 Å². The molecule has 0 N–H and O–H groups in total. The van der Waals surface area contributed by atoms with Crippen molar-refractivity contribution < 1.29 is 0 Å². The number of hydrogen-bond donors (Lipinski definition) is 0. The Morgan fingerprint density at radius 1 is 1.43 bits per heavy atom. The van der Waals surface area contributed by atoms with Crippen molar-refractivity contribution in [3.05, 3.63) is 23.3 Å². The summed E-state index contributed by atoms with van der Waals surface area (Å²) in [5.41, 5.74) is 4.67. The average Bonchev–Trinajstić information content (AvgIpc) is 2.25. The van der Waals surface area contributed by atoms with Crippen LogP contribution in [0.5, 0.6) is 0 Å². The van der Waals surface area contributed by atoms with Crippen LogP contribution in [0.25, 0.3) is 0 Å². The number of rotatable bonds is 3. The Kier molecular flexibility index (Phi) is 4.23. The molecule has 80 valence electrons. The quantitative estimate of drug-likeness (QED) is 0.401. The normalized spacial score (nSPS) is 25.0. The molecule has 1 aliphatic carbocycles. The molecular weight excluding hydrogens is 283 g/mol. The van der Waals surface area contributed by atoms with E-state index in [-0.39, 0.29) is 0 Å². The molecule has 1 heteroatoms. The zero-order valence-electron chi connectivity index (χ0n) is 9.73. The van der Waals surface area contributed by atoms with E-state index in [0.717, 1.165) is 12.3 Å². The number of allylic oxidation sites excluding steroid dienone is 3. The van der Waals surface area contributed by atoms with Gasteiger partial charge in [-0.25, -0.2) is 0 Å². The molecule has 0 saturated carbocycles. The van der Waals surface area contributed by atoms with Gasteiger partial charge >= 0.3 is 0 Å². The van der Waals surface area contributed by atoms with Crippen molar-refractivity contribution in [3.8, 4) is 0 Å². The minimum absolute atomic E-state index is 0.663. The molecule has 0 radical (unpaired) electrons. The smallest absolute Gasteiger partial charge is 0.0299 e. The van der Waals surface area contributed by atoms with Gasteiger partial charge in [0.05, 0.1) is 0 Å². The van der Waals surface area contributed by atoms with Crippen molar-refractivity contribution in [2.45, 2.75) is 44.5 Å². The van der Waals surface area contributed by atoms with E-state index < -0.39 is 0 Å². The summed E-state index contributed by atoms with van der Waals surface area (Å²) in [6.07, 6.45) is 2.42. The molecule has 0 fully saturated rings. The third-order valence-electron chi connectivity index (χ3n) is 2.99. The maximum absolute atomic E-state index is 4.23. The van der Waals surface area contributed by atoms with Crippen molar-refractivity contribution in [3.63, 3.8) is 0 Å². The second-order valence-corrected chi connectivity index (χ2v) is 6.74. The van der Waals surface area contributed by atoms with E-state index in [9.17, 15) is 0 Å². The van der Waals surface area contributed by atoms with Gasteiger partial charge < -0.3 is 0 Å². The minimum atomic E-state index is 0.663. The lowest BCUT2D eigenvalue weighted by atomic mass is 9.87. The van der Waals surface area contributed by atoms with Gasteiger partial charge in [0.2, 0.25) is 0 Å². The second kappa shape index (κ2) is 4.82. The van der Waals surface area contributed by atoms with Gasteiger partial charge in [0.1, 0.15) is 0 Å². The van der Waals surface area contributed by atoms with Crippen LogP contribution in [0.3, 0.4) is 0 Å². The first-order valence-electron chi connectivity index (χ1n) is 5.44. The monoisotopic (exact) mass is 304 g/mol. The average molecular weight is 304 g/mol. The van der Waals surface area contributed by atoms with Crippen LogP contribution in [0.15, 0.2) is 23.3 Å². The second-order valence-electron chi connectivity index (χ2n) is 4.87. The van der Waals surface area contributed by atoms with E-state index >= 15 is 0 Å². The van der Waals surface area contributed by atoms with Crippen LogP contribution >= 0.6 is 22.6 Å². The Morgan fingerprint density at radius 2 is 2.00 bits per heavy atom. The van der Waals surface area contributed by atoms with Gasteiger partial charge in [-0.05, 0) is 32.6 Å². The third-order valence-corrected chi connectivity index (χ3v) is 3.66. The molecule has 0 aliphatic heterocycles. The van der Waals surface area contributed by atoms with Crippen molar-refractivity contribution >= 4 is 22.6 Å². The van der Waals surface area contributed by atoms with Crippen LogP contribution in [0.2, 0.25) is 0 Å². The zero-order valence-corrected chi connectivity index (χ0v) is 11.9. The Bertz CT molecular complexity index is 258. The molecule has 0 nitrogen and oxygen atoms in total. The Balaban J connectivity index is 2.86. The molecule has 0 spiro atoms. The first kappa shape index (κ1) is 12.3. The summed E-state index contributed by atoms with van der Waals surface area (Å²) in [7, 11) is 0. The fourth-order valence-electron chi connectivity index (χ4n) is 2.46. The highest BCUT2D eigenvalue weighted by atomic mass is 127. The van der Waals surface area contributed by atoms with E-state index in [0.29, 0.717) is 9.84 Å². The van der Waals surface area contributed by atoms with Crippen LogP contribution in [-0.4, -0.2) is 3.92 Å². The highest BCUT2D eigenvalue weighted by Gasteiger charge is 2.29. The van der Waals surface area contributed by atoms with Crippen LogP contribution in [0, 0.1) is 11.8 Å². The third kappa shape index (κ3) is 2.62. The molecule has 2 unspecified atom stereocenters. The lowest BCUT2D eigenvalue weighted by Crippen LogP contribution is -2.11. The largest absolute Gasteiger partial charge is 0.0989 e. The minimum Gasteiger partial charge on any atom is -0.0989 e. The van der Waals surface area contributed by atoms with Crippen molar-refractivity contribution in [1.29, 1.82) is 0 Å². The zero-order chi connectivity index (χ0) is 10.9. The summed E-state index contributed by atoms with van der Waals surface area (Å²) in [6.45, 7) is 13.4. The molecule has 14 heavy (non-hydrogen) atoms. The molecule has 0 aromatic rings. The standard InChI is InChI=1S/C13H21I/c1-8(2)6-12-9(3)7-10(4)13(12)11(5)14/h8,11-12H,3,6-7H2,1-2,4-5H3. The van der Waals surface area contributed by atoms with Crippen LogP contribution < -0.4 is 0 Å². The van der Waals surface area contributed by atoms with Gasteiger partial charge in [-0.3, -0.25) is 0 Å². The maximum Gasteiger partial charge on any atom is 0.0299 e. The molecule has 0 saturated heterocycles. The molecule has 0 amide bonds. The highest BCUT2D eigenvalue weighted by molar-refractivity contribution is 14.1. The summed E-state index contributed by atoms with van der Waals surface area (Å²) in [5.74, 6) is 1.44. The van der Waals surface area contributed by atoms with Gasteiger partial charge in [0, 0.05) is 9.84 Å². The van der Waals surface area contributed by atoms with E-state index in [2.05, 4.69) is 56.9 Å².